The van der Waals surface area contributed by atoms with Gasteiger partial charge in [0.15, 0.2) is 0 Å². The second kappa shape index (κ2) is 6.92. The third kappa shape index (κ3) is 3.10. The minimum absolute atomic E-state index is 0.00564. The maximum absolute atomic E-state index is 12.7. The van der Waals surface area contributed by atoms with Crippen LogP contribution in [-0.4, -0.2) is 27.8 Å². The van der Waals surface area contributed by atoms with Crippen LogP contribution in [0, 0.1) is 0 Å². The summed E-state index contributed by atoms with van der Waals surface area (Å²) in [7, 11) is 3.59. The number of thiazole rings is 1. The van der Waals surface area contributed by atoms with Gasteiger partial charge >= 0.3 is 0 Å². The first-order valence-electron chi connectivity index (χ1n) is 8.57. The standard InChI is InChI=1S/C19H20N4O2S/c1-23-17-5-3-4-15(14(17)10-20-23)21-18(24)16-11-26-19(22-16)12-6-8-13(25-2)9-7-12/h6-11,15H,3-5H2,1-2H3,(H,21,24)/t15-/m0/s1. The van der Waals surface area contributed by atoms with Crippen molar-refractivity contribution < 1.29 is 9.53 Å². The van der Waals surface area contributed by atoms with Crippen LogP contribution in [0.1, 0.15) is 40.6 Å². The Morgan fingerprint density at radius 3 is 2.92 bits per heavy atom. The molecule has 1 amide bonds. The molecule has 6 nitrogen and oxygen atoms in total. The van der Waals surface area contributed by atoms with E-state index in [2.05, 4.69) is 15.4 Å². The Kier molecular flexibility index (Phi) is 4.46. The second-order valence-electron chi connectivity index (χ2n) is 6.35. The van der Waals surface area contributed by atoms with E-state index in [1.54, 1.807) is 7.11 Å². The number of nitrogens with one attached hydrogen (secondary N) is 1. The molecule has 0 saturated carbocycles. The van der Waals surface area contributed by atoms with Crippen molar-refractivity contribution in [2.24, 2.45) is 7.05 Å². The van der Waals surface area contributed by atoms with Crippen LogP contribution in [0.15, 0.2) is 35.8 Å². The fourth-order valence-corrected chi connectivity index (χ4v) is 4.14. The number of rotatable bonds is 4. The van der Waals surface area contributed by atoms with Crippen LogP contribution in [0.2, 0.25) is 0 Å². The number of ether oxygens (including phenoxy) is 1. The summed E-state index contributed by atoms with van der Waals surface area (Å²) in [6, 6.07) is 7.68. The number of aryl methyl sites for hydroxylation is 1. The van der Waals surface area contributed by atoms with E-state index >= 15 is 0 Å². The molecule has 0 unspecified atom stereocenters. The molecule has 1 aromatic carbocycles. The van der Waals surface area contributed by atoms with Gasteiger partial charge in [-0.2, -0.15) is 5.10 Å². The van der Waals surface area contributed by atoms with Gasteiger partial charge in [0.05, 0.1) is 19.3 Å². The molecule has 134 valence electrons. The van der Waals surface area contributed by atoms with E-state index in [0.717, 1.165) is 41.1 Å². The number of carbonyl (C=O) groups excluding carboxylic acids is 1. The third-order valence-corrected chi connectivity index (χ3v) is 5.65. The summed E-state index contributed by atoms with van der Waals surface area (Å²) in [5.74, 6) is 0.663. The Balaban J connectivity index is 1.50. The molecule has 1 atom stereocenters. The highest BCUT2D eigenvalue weighted by molar-refractivity contribution is 7.13. The fourth-order valence-electron chi connectivity index (χ4n) is 3.33. The average Bonchev–Trinajstić information content (AvgIpc) is 3.30. The lowest BCUT2D eigenvalue weighted by Gasteiger charge is -2.23. The van der Waals surface area contributed by atoms with E-state index in [9.17, 15) is 4.79 Å². The number of hydrogen-bond donors (Lipinski definition) is 1. The van der Waals surface area contributed by atoms with Gasteiger partial charge in [0.1, 0.15) is 16.5 Å². The molecule has 0 spiro atoms. The Hall–Kier alpha value is -2.67. The molecule has 1 N–H and O–H groups in total. The van der Waals surface area contributed by atoms with E-state index < -0.39 is 0 Å². The first-order valence-corrected chi connectivity index (χ1v) is 9.45. The highest BCUT2D eigenvalue weighted by Gasteiger charge is 2.25. The van der Waals surface area contributed by atoms with Crippen molar-refractivity contribution in [2.45, 2.75) is 25.3 Å². The van der Waals surface area contributed by atoms with E-state index in [1.165, 1.54) is 17.0 Å². The minimum atomic E-state index is -0.136. The molecule has 2 aromatic heterocycles. The van der Waals surface area contributed by atoms with Gasteiger partial charge in [0.2, 0.25) is 0 Å². The van der Waals surface area contributed by atoms with Crippen LogP contribution < -0.4 is 10.1 Å². The van der Waals surface area contributed by atoms with Crippen molar-refractivity contribution in [3.05, 3.63) is 52.8 Å². The smallest absolute Gasteiger partial charge is 0.271 e. The van der Waals surface area contributed by atoms with E-state index in [-0.39, 0.29) is 11.9 Å². The predicted molar refractivity (Wildman–Crippen MR) is 100 cm³/mol. The van der Waals surface area contributed by atoms with Gasteiger partial charge in [-0.1, -0.05) is 0 Å². The van der Waals surface area contributed by atoms with Gasteiger partial charge in [0.25, 0.3) is 5.91 Å². The Morgan fingerprint density at radius 1 is 1.35 bits per heavy atom. The molecule has 0 fully saturated rings. The molecule has 1 aliphatic carbocycles. The largest absolute Gasteiger partial charge is 0.497 e. The number of benzene rings is 1. The summed E-state index contributed by atoms with van der Waals surface area (Å²) < 4.78 is 7.08. The summed E-state index contributed by atoms with van der Waals surface area (Å²) in [5.41, 5.74) is 3.76. The summed E-state index contributed by atoms with van der Waals surface area (Å²) >= 11 is 1.47. The van der Waals surface area contributed by atoms with Gasteiger partial charge in [-0.15, -0.1) is 11.3 Å². The topological polar surface area (TPSA) is 69.0 Å². The van der Waals surface area contributed by atoms with Gasteiger partial charge in [-0.05, 0) is 43.5 Å². The quantitative estimate of drug-likeness (QED) is 0.767. The molecule has 7 heteroatoms. The summed E-state index contributed by atoms with van der Waals surface area (Å²) in [6.45, 7) is 0. The van der Waals surface area contributed by atoms with Gasteiger partial charge in [-0.25, -0.2) is 4.98 Å². The number of amides is 1. The highest BCUT2D eigenvalue weighted by Crippen LogP contribution is 2.30. The zero-order valence-corrected chi connectivity index (χ0v) is 15.5. The molecule has 1 aliphatic rings. The lowest BCUT2D eigenvalue weighted by atomic mass is 9.93. The lowest BCUT2D eigenvalue weighted by Crippen LogP contribution is -2.31. The Morgan fingerprint density at radius 2 is 2.15 bits per heavy atom. The molecule has 3 aromatic rings. The van der Waals surface area contributed by atoms with Crippen molar-refractivity contribution in [3.8, 4) is 16.3 Å². The normalized spacial score (nSPS) is 16.2. The van der Waals surface area contributed by atoms with E-state index in [1.807, 2.05) is 47.6 Å². The van der Waals surface area contributed by atoms with Crippen LogP contribution in [-0.2, 0) is 13.5 Å². The molecule has 0 aliphatic heterocycles. The van der Waals surface area contributed by atoms with Gasteiger partial charge in [-0.3, -0.25) is 9.48 Å². The second-order valence-corrected chi connectivity index (χ2v) is 7.21. The zero-order chi connectivity index (χ0) is 18.1. The third-order valence-electron chi connectivity index (χ3n) is 4.75. The summed E-state index contributed by atoms with van der Waals surface area (Å²) in [4.78, 5) is 17.2. The molecule has 0 saturated heterocycles. The SMILES string of the molecule is COc1ccc(-c2nc(C(=O)N[C@H]3CCCc4c3cnn4C)cs2)cc1. The predicted octanol–water partition coefficient (Wildman–Crippen LogP) is 3.36. The zero-order valence-electron chi connectivity index (χ0n) is 14.7. The van der Waals surface area contributed by atoms with Crippen molar-refractivity contribution in [1.29, 1.82) is 0 Å². The van der Waals surface area contributed by atoms with E-state index in [0.29, 0.717) is 5.69 Å². The van der Waals surface area contributed by atoms with E-state index in [4.69, 9.17) is 4.74 Å². The number of carbonyl (C=O) groups is 1. The van der Waals surface area contributed by atoms with Crippen LogP contribution >= 0.6 is 11.3 Å². The first-order chi connectivity index (χ1) is 12.7. The molecule has 0 radical (unpaired) electrons. The lowest BCUT2D eigenvalue weighted by molar-refractivity contribution is 0.0928. The highest BCUT2D eigenvalue weighted by atomic mass is 32.1. The van der Waals surface area contributed by atoms with Crippen LogP contribution in [0.3, 0.4) is 0 Å². The monoisotopic (exact) mass is 368 g/mol. The minimum Gasteiger partial charge on any atom is -0.497 e. The number of nitrogens with zero attached hydrogens (tertiary/aromatic N) is 3. The first kappa shape index (κ1) is 16.8. The maximum atomic E-state index is 12.7. The number of fused-ring (bicyclic) bond motifs is 1. The Labute approximate surface area is 155 Å². The maximum Gasteiger partial charge on any atom is 0.271 e. The van der Waals surface area contributed by atoms with Crippen LogP contribution in [0.4, 0.5) is 0 Å². The molecule has 26 heavy (non-hydrogen) atoms. The Bertz CT molecular complexity index is 929. The van der Waals surface area contributed by atoms with Crippen LogP contribution in [0.5, 0.6) is 5.75 Å². The van der Waals surface area contributed by atoms with Crippen LogP contribution in [0.25, 0.3) is 10.6 Å². The molecular weight excluding hydrogens is 348 g/mol. The number of aromatic nitrogens is 3. The average molecular weight is 368 g/mol. The van der Waals surface area contributed by atoms with Crippen molar-refractivity contribution >= 4 is 17.2 Å². The summed E-state index contributed by atoms with van der Waals surface area (Å²) in [6.07, 6.45) is 4.85. The molecule has 0 bridgehead atoms. The van der Waals surface area contributed by atoms with Gasteiger partial charge < -0.3 is 10.1 Å². The molecular formula is C19H20N4O2S. The van der Waals surface area contributed by atoms with Crippen molar-refractivity contribution in [3.63, 3.8) is 0 Å². The number of hydrogen-bond acceptors (Lipinski definition) is 5. The van der Waals surface area contributed by atoms with Gasteiger partial charge in [0, 0.05) is 29.2 Å². The fraction of sp³-hybridized carbons (Fsp3) is 0.316. The summed E-state index contributed by atoms with van der Waals surface area (Å²) in [5, 5.41) is 10.1. The number of methoxy groups -OCH3 is 1. The van der Waals surface area contributed by atoms with Crippen molar-refractivity contribution in [1.82, 2.24) is 20.1 Å². The van der Waals surface area contributed by atoms with Crippen molar-refractivity contribution in [2.75, 3.05) is 7.11 Å². The molecule has 4 rings (SSSR count). The molecule has 2 heterocycles.